The van der Waals surface area contributed by atoms with Gasteiger partial charge in [0.05, 0.1) is 0 Å². The van der Waals surface area contributed by atoms with Crippen molar-refractivity contribution in [3.8, 4) is 0 Å². The summed E-state index contributed by atoms with van der Waals surface area (Å²) in [7, 11) is 0. The Bertz CT molecular complexity index is 184. The lowest BCUT2D eigenvalue weighted by molar-refractivity contribution is 0.695. The van der Waals surface area contributed by atoms with Crippen molar-refractivity contribution in [2.24, 2.45) is 0 Å². The molecule has 13 heavy (non-hydrogen) atoms. The van der Waals surface area contributed by atoms with Crippen LogP contribution in [0.5, 0.6) is 0 Å². The predicted octanol–water partition coefficient (Wildman–Crippen LogP) is 4.40. The Balaban J connectivity index is 2.28. The fraction of sp³-hybridized carbons (Fsp3) is 0.538. The van der Waals surface area contributed by atoms with Gasteiger partial charge in [0.15, 0.2) is 0 Å². The van der Waals surface area contributed by atoms with Gasteiger partial charge in [-0.15, -0.1) is 0 Å². The van der Waals surface area contributed by atoms with E-state index in [0.29, 0.717) is 0 Å². The molecule has 0 unspecified atom stereocenters. The van der Waals surface area contributed by atoms with E-state index in [-0.39, 0.29) is 0 Å². The minimum atomic E-state index is 1.18. The average molecular weight is 176 g/mol. The van der Waals surface area contributed by atoms with Crippen LogP contribution in [-0.2, 0) is 0 Å². The smallest absolute Gasteiger partial charge is 0.0313 e. The molecule has 0 heterocycles. The SMILES string of the molecule is C1=C\CCCCC/C=C/CC/C=C/1. The molecular weight excluding hydrogens is 156 g/mol. The van der Waals surface area contributed by atoms with Crippen LogP contribution in [0.25, 0.3) is 0 Å². The molecule has 0 atom stereocenters. The molecule has 0 fully saturated rings. The van der Waals surface area contributed by atoms with Crippen molar-refractivity contribution in [3.63, 3.8) is 0 Å². The molecule has 0 spiro atoms. The second kappa shape index (κ2) is 7.85. The molecule has 0 radical (unpaired) electrons. The lowest BCUT2D eigenvalue weighted by Gasteiger charge is -1.94. The van der Waals surface area contributed by atoms with Crippen LogP contribution < -0.4 is 0 Å². The number of hydrogen-bond donors (Lipinski definition) is 0. The topological polar surface area (TPSA) is 0 Å². The predicted molar refractivity (Wildman–Crippen MR) is 59.7 cm³/mol. The van der Waals surface area contributed by atoms with E-state index in [9.17, 15) is 0 Å². The van der Waals surface area contributed by atoms with Crippen molar-refractivity contribution >= 4 is 0 Å². The van der Waals surface area contributed by atoms with E-state index < -0.39 is 0 Å². The summed E-state index contributed by atoms with van der Waals surface area (Å²) in [6, 6.07) is 0. The summed E-state index contributed by atoms with van der Waals surface area (Å²) in [4.78, 5) is 0. The summed E-state index contributed by atoms with van der Waals surface area (Å²) < 4.78 is 0. The molecule has 0 N–H and O–H groups in total. The van der Waals surface area contributed by atoms with Gasteiger partial charge >= 0.3 is 0 Å². The van der Waals surface area contributed by atoms with Gasteiger partial charge in [0.2, 0.25) is 0 Å². The van der Waals surface area contributed by atoms with Gasteiger partial charge in [-0.25, -0.2) is 0 Å². The van der Waals surface area contributed by atoms with E-state index in [4.69, 9.17) is 0 Å². The molecule has 0 amide bonds. The van der Waals surface area contributed by atoms with Gasteiger partial charge in [-0.05, 0) is 38.5 Å². The summed E-state index contributed by atoms with van der Waals surface area (Å²) in [6.45, 7) is 0. The molecule has 0 aliphatic heterocycles. The Morgan fingerprint density at radius 3 is 1.85 bits per heavy atom. The first kappa shape index (κ1) is 10.3. The molecule has 0 aromatic rings. The lowest BCUT2D eigenvalue weighted by Crippen LogP contribution is -1.74. The highest BCUT2D eigenvalue weighted by Crippen LogP contribution is 2.06. The zero-order valence-electron chi connectivity index (χ0n) is 8.41. The van der Waals surface area contributed by atoms with E-state index in [2.05, 4.69) is 36.5 Å². The lowest BCUT2D eigenvalue weighted by atomic mass is 10.1. The molecule has 0 aromatic heterocycles. The third-order valence-electron chi connectivity index (χ3n) is 2.29. The van der Waals surface area contributed by atoms with Crippen LogP contribution in [0, 0.1) is 0 Å². The molecule has 0 bridgehead atoms. The highest BCUT2D eigenvalue weighted by atomic mass is 13.9. The molecule has 0 saturated heterocycles. The minimum Gasteiger partial charge on any atom is -0.0885 e. The number of hydrogen-bond acceptors (Lipinski definition) is 0. The van der Waals surface area contributed by atoms with Gasteiger partial charge < -0.3 is 0 Å². The monoisotopic (exact) mass is 176 g/mol. The average Bonchev–Trinajstić information content (AvgIpc) is 2.18. The van der Waals surface area contributed by atoms with Gasteiger partial charge in [0, 0.05) is 0 Å². The molecule has 72 valence electrons. The first-order valence-electron chi connectivity index (χ1n) is 5.47. The maximum absolute atomic E-state index is 2.33. The van der Waals surface area contributed by atoms with Crippen molar-refractivity contribution in [2.45, 2.75) is 44.9 Å². The third-order valence-corrected chi connectivity index (χ3v) is 2.29. The maximum atomic E-state index is 2.33. The Morgan fingerprint density at radius 1 is 0.462 bits per heavy atom. The van der Waals surface area contributed by atoms with Gasteiger partial charge in [0.1, 0.15) is 0 Å². The van der Waals surface area contributed by atoms with Crippen LogP contribution >= 0.6 is 0 Å². The van der Waals surface area contributed by atoms with E-state index in [1.807, 2.05) is 0 Å². The zero-order chi connectivity index (χ0) is 9.19. The van der Waals surface area contributed by atoms with Crippen molar-refractivity contribution < 1.29 is 0 Å². The number of rotatable bonds is 0. The zero-order valence-corrected chi connectivity index (χ0v) is 8.41. The molecule has 1 rings (SSSR count). The standard InChI is InChI=1S/C13H20/c1-2-4-6-8-10-12-13-11-9-7-5-3-1/h1-4,9,11H,5-8,10,12-13H2/b3-1+,4-2-,11-9+. The minimum absolute atomic E-state index is 1.18. The van der Waals surface area contributed by atoms with Gasteiger partial charge in [-0.3, -0.25) is 0 Å². The summed E-state index contributed by atoms with van der Waals surface area (Å²) >= 11 is 0. The van der Waals surface area contributed by atoms with E-state index >= 15 is 0 Å². The van der Waals surface area contributed by atoms with Crippen LogP contribution in [0.2, 0.25) is 0 Å². The fourth-order valence-electron chi connectivity index (χ4n) is 1.48. The van der Waals surface area contributed by atoms with Crippen LogP contribution in [-0.4, -0.2) is 0 Å². The highest BCUT2D eigenvalue weighted by molar-refractivity contribution is 5.03. The first-order valence-corrected chi connectivity index (χ1v) is 5.47. The van der Waals surface area contributed by atoms with Gasteiger partial charge in [0.25, 0.3) is 0 Å². The molecule has 0 aromatic carbocycles. The first-order chi connectivity index (χ1) is 6.50. The van der Waals surface area contributed by atoms with Crippen LogP contribution in [0.3, 0.4) is 0 Å². The van der Waals surface area contributed by atoms with Crippen molar-refractivity contribution in [2.75, 3.05) is 0 Å². The summed E-state index contributed by atoms with van der Waals surface area (Å²) in [5, 5.41) is 0. The Morgan fingerprint density at radius 2 is 1.00 bits per heavy atom. The van der Waals surface area contributed by atoms with E-state index in [1.165, 1.54) is 44.9 Å². The normalized spacial score (nSPS) is 27.7. The molecule has 1 aliphatic rings. The van der Waals surface area contributed by atoms with Crippen LogP contribution in [0.15, 0.2) is 36.5 Å². The van der Waals surface area contributed by atoms with Gasteiger partial charge in [-0.2, -0.15) is 0 Å². The van der Waals surface area contributed by atoms with E-state index in [0.717, 1.165) is 0 Å². The third kappa shape index (κ3) is 6.39. The number of allylic oxidation sites excluding steroid dienone is 6. The molecule has 0 saturated carbocycles. The second-order valence-corrected chi connectivity index (χ2v) is 3.54. The van der Waals surface area contributed by atoms with Crippen LogP contribution in [0.4, 0.5) is 0 Å². The highest BCUT2D eigenvalue weighted by Gasteiger charge is 1.86. The Labute approximate surface area is 82.0 Å². The largest absolute Gasteiger partial charge is 0.0885 e. The maximum Gasteiger partial charge on any atom is -0.0313 e. The molecular formula is C13H20. The summed E-state index contributed by atoms with van der Waals surface area (Å²) in [5.74, 6) is 0. The fourth-order valence-corrected chi connectivity index (χ4v) is 1.48. The summed E-state index contributed by atoms with van der Waals surface area (Å²) in [6.07, 6.45) is 22.5. The molecule has 0 nitrogen and oxygen atoms in total. The van der Waals surface area contributed by atoms with Crippen molar-refractivity contribution in [1.82, 2.24) is 0 Å². The Hall–Kier alpha value is -0.780. The van der Waals surface area contributed by atoms with Crippen molar-refractivity contribution in [1.29, 1.82) is 0 Å². The van der Waals surface area contributed by atoms with Crippen molar-refractivity contribution in [3.05, 3.63) is 36.5 Å². The van der Waals surface area contributed by atoms with E-state index in [1.54, 1.807) is 0 Å². The summed E-state index contributed by atoms with van der Waals surface area (Å²) in [5.41, 5.74) is 0. The Kier molecular flexibility index (Phi) is 6.22. The molecule has 0 heteroatoms. The quantitative estimate of drug-likeness (QED) is 0.480. The van der Waals surface area contributed by atoms with Gasteiger partial charge in [-0.1, -0.05) is 42.9 Å². The van der Waals surface area contributed by atoms with Crippen LogP contribution in [0.1, 0.15) is 44.9 Å². The molecule has 1 aliphatic carbocycles. The second-order valence-electron chi connectivity index (χ2n) is 3.54.